The van der Waals surface area contributed by atoms with E-state index < -0.39 is 10.0 Å². The lowest BCUT2D eigenvalue weighted by atomic mass is 10.2. The highest BCUT2D eigenvalue weighted by Crippen LogP contribution is 2.34. The minimum atomic E-state index is -3.75. The van der Waals surface area contributed by atoms with E-state index >= 15 is 0 Å². The zero-order valence-corrected chi connectivity index (χ0v) is 12.9. The van der Waals surface area contributed by atoms with Gasteiger partial charge in [0, 0.05) is 5.69 Å². The lowest BCUT2D eigenvalue weighted by Crippen LogP contribution is -2.13. The number of anilines is 2. The Balaban J connectivity index is 2.41. The number of hydrogen-bond acceptors (Lipinski definition) is 3. The van der Waals surface area contributed by atoms with E-state index in [4.69, 9.17) is 28.9 Å². The van der Waals surface area contributed by atoms with Crippen LogP contribution < -0.4 is 10.5 Å². The number of rotatable bonds is 3. The largest absolute Gasteiger partial charge is 0.399 e. The van der Waals surface area contributed by atoms with Gasteiger partial charge in [-0.1, -0.05) is 40.9 Å². The first-order chi connectivity index (χ1) is 9.29. The molecule has 0 atom stereocenters. The molecular formula is C13H12Cl2N2O2S. The fourth-order valence-electron chi connectivity index (χ4n) is 1.60. The Morgan fingerprint density at radius 1 is 1.05 bits per heavy atom. The molecule has 0 unspecified atom stereocenters. The number of nitrogens with two attached hydrogens (primary N) is 1. The molecule has 7 heteroatoms. The van der Waals surface area contributed by atoms with Crippen molar-refractivity contribution in [3.8, 4) is 0 Å². The molecule has 0 saturated carbocycles. The van der Waals surface area contributed by atoms with E-state index in [9.17, 15) is 8.42 Å². The van der Waals surface area contributed by atoms with Crippen LogP contribution in [0.3, 0.4) is 0 Å². The molecular weight excluding hydrogens is 319 g/mol. The molecule has 0 aliphatic rings. The fraction of sp³-hybridized carbons (Fsp3) is 0.0769. The van der Waals surface area contributed by atoms with E-state index in [1.165, 1.54) is 24.3 Å². The molecule has 0 fully saturated rings. The van der Waals surface area contributed by atoms with Gasteiger partial charge in [-0.3, -0.25) is 4.72 Å². The van der Waals surface area contributed by atoms with Crippen molar-refractivity contribution in [3.63, 3.8) is 0 Å². The minimum Gasteiger partial charge on any atom is -0.399 e. The lowest BCUT2D eigenvalue weighted by molar-refractivity contribution is 0.601. The summed E-state index contributed by atoms with van der Waals surface area (Å²) in [4.78, 5) is 0.132. The van der Waals surface area contributed by atoms with Crippen LogP contribution in [-0.2, 0) is 10.0 Å². The molecule has 2 rings (SSSR count). The van der Waals surface area contributed by atoms with Crippen molar-refractivity contribution in [2.45, 2.75) is 11.8 Å². The maximum Gasteiger partial charge on any atom is 0.261 e. The summed E-state index contributed by atoms with van der Waals surface area (Å²) in [6, 6.07) is 9.30. The van der Waals surface area contributed by atoms with Gasteiger partial charge in [-0.25, -0.2) is 8.42 Å². The Hall–Kier alpha value is -1.43. The summed E-state index contributed by atoms with van der Waals surface area (Å²) >= 11 is 11.9. The van der Waals surface area contributed by atoms with Crippen LogP contribution in [0.2, 0.25) is 10.0 Å². The highest BCUT2D eigenvalue weighted by molar-refractivity contribution is 7.92. The van der Waals surface area contributed by atoms with Gasteiger partial charge in [-0.05, 0) is 31.2 Å². The van der Waals surface area contributed by atoms with Crippen molar-refractivity contribution in [1.29, 1.82) is 0 Å². The Morgan fingerprint density at radius 2 is 1.55 bits per heavy atom. The second-order valence-electron chi connectivity index (χ2n) is 4.28. The summed E-state index contributed by atoms with van der Waals surface area (Å²) in [5, 5.41) is 0.288. The molecule has 0 heterocycles. The number of hydrogen-bond donors (Lipinski definition) is 2. The fourth-order valence-corrected chi connectivity index (χ4v) is 3.41. The van der Waals surface area contributed by atoms with Crippen LogP contribution in [0.1, 0.15) is 5.56 Å². The molecule has 20 heavy (non-hydrogen) atoms. The van der Waals surface area contributed by atoms with Gasteiger partial charge in [0.25, 0.3) is 10.0 Å². The van der Waals surface area contributed by atoms with Crippen LogP contribution in [0.15, 0.2) is 41.3 Å². The van der Waals surface area contributed by atoms with Gasteiger partial charge < -0.3 is 5.73 Å². The molecule has 0 spiro atoms. The molecule has 0 bridgehead atoms. The van der Waals surface area contributed by atoms with Gasteiger partial charge >= 0.3 is 0 Å². The number of nitrogen functional groups attached to an aromatic ring is 1. The van der Waals surface area contributed by atoms with E-state index in [-0.39, 0.29) is 20.6 Å². The van der Waals surface area contributed by atoms with Crippen LogP contribution in [0.4, 0.5) is 11.4 Å². The third kappa shape index (κ3) is 3.17. The quantitative estimate of drug-likeness (QED) is 0.843. The topological polar surface area (TPSA) is 72.2 Å². The minimum absolute atomic E-state index is 0.114. The molecule has 0 radical (unpaired) electrons. The summed E-state index contributed by atoms with van der Waals surface area (Å²) in [7, 11) is -3.75. The average molecular weight is 331 g/mol. The number of sulfonamides is 1. The molecule has 0 saturated heterocycles. The molecule has 0 aliphatic heterocycles. The van der Waals surface area contributed by atoms with Crippen LogP contribution in [0.25, 0.3) is 0 Å². The zero-order valence-electron chi connectivity index (χ0n) is 10.5. The predicted molar refractivity (Wildman–Crippen MR) is 82.9 cm³/mol. The van der Waals surface area contributed by atoms with Crippen molar-refractivity contribution in [2.75, 3.05) is 10.5 Å². The predicted octanol–water partition coefficient (Wildman–Crippen LogP) is 3.68. The third-order valence-corrected chi connectivity index (χ3v) is 4.59. The molecule has 3 N–H and O–H groups in total. The van der Waals surface area contributed by atoms with E-state index in [0.717, 1.165) is 5.56 Å². The summed E-state index contributed by atoms with van der Waals surface area (Å²) in [6.07, 6.45) is 0. The maximum atomic E-state index is 12.2. The molecule has 2 aromatic carbocycles. The molecule has 4 nitrogen and oxygen atoms in total. The van der Waals surface area contributed by atoms with Crippen molar-refractivity contribution < 1.29 is 8.42 Å². The van der Waals surface area contributed by atoms with Gasteiger partial charge in [0.2, 0.25) is 0 Å². The smallest absolute Gasteiger partial charge is 0.261 e. The average Bonchev–Trinajstić information content (AvgIpc) is 2.34. The monoisotopic (exact) mass is 330 g/mol. The zero-order chi connectivity index (χ0) is 14.9. The number of nitrogens with one attached hydrogen (secondary N) is 1. The van der Waals surface area contributed by atoms with E-state index in [1.54, 1.807) is 12.1 Å². The Bertz CT molecular complexity index is 720. The number of aryl methyl sites for hydroxylation is 1. The van der Waals surface area contributed by atoms with Gasteiger partial charge in [0.1, 0.15) is 0 Å². The summed E-state index contributed by atoms with van der Waals surface area (Å²) < 4.78 is 26.9. The number of benzene rings is 2. The van der Waals surface area contributed by atoms with E-state index in [2.05, 4.69) is 4.72 Å². The molecule has 0 aromatic heterocycles. The van der Waals surface area contributed by atoms with Gasteiger partial charge in [0.15, 0.2) is 0 Å². The lowest BCUT2D eigenvalue weighted by Gasteiger charge is -2.12. The Kier molecular flexibility index (Phi) is 4.13. The first-order valence-corrected chi connectivity index (χ1v) is 7.87. The van der Waals surface area contributed by atoms with Crippen molar-refractivity contribution in [1.82, 2.24) is 0 Å². The first kappa shape index (κ1) is 15.0. The third-order valence-electron chi connectivity index (χ3n) is 2.63. The first-order valence-electron chi connectivity index (χ1n) is 5.63. The van der Waals surface area contributed by atoms with Gasteiger partial charge in [-0.15, -0.1) is 0 Å². The van der Waals surface area contributed by atoms with E-state index in [1.807, 2.05) is 6.92 Å². The molecule has 106 valence electrons. The molecule has 2 aromatic rings. The summed E-state index contributed by atoms with van der Waals surface area (Å²) in [6.45, 7) is 1.87. The second kappa shape index (κ2) is 5.52. The maximum absolute atomic E-state index is 12.2. The molecule has 0 amide bonds. The van der Waals surface area contributed by atoms with Crippen LogP contribution in [0.5, 0.6) is 0 Å². The summed E-state index contributed by atoms with van der Waals surface area (Å²) in [5.74, 6) is 0. The highest BCUT2D eigenvalue weighted by Gasteiger charge is 2.18. The Morgan fingerprint density at radius 3 is 2.05 bits per heavy atom. The SMILES string of the molecule is Cc1ccc(S(=O)(=O)Nc2c(Cl)cc(N)cc2Cl)cc1. The van der Waals surface area contributed by atoms with Crippen LogP contribution in [-0.4, -0.2) is 8.42 Å². The highest BCUT2D eigenvalue weighted by atomic mass is 35.5. The Labute approximate surface area is 127 Å². The van der Waals surface area contributed by atoms with Crippen LogP contribution in [0, 0.1) is 6.92 Å². The van der Waals surface area contributed by atoms with Crippen molar-refractivity contribution in [2.24, 2.45) is 0 Å². The standard InChI is InChI=1S/C13H12Cl2N2O2S/c1-8-2-4-10(5-3-8)20(18,19)17-13-11(14)6-9(16)7-12(13)15/h2-7,17H,16H2,1H3. The van der Waals surface area contributed by atoms with Gasteiger partial charge in [-0.2, -0.15) is 0 Å². The normalized spacial score (nSPS) is 11.3. The molecule has 0 aliphatic carbocycles. The van der Waals surface area contributed by atoms with E-state index in [0.29, 0.717) is 5.69 Å². The van der Waals surface area contributed by atoms with Crippen LogP contribution >= 0.6 is 23.2 Å². The number of halogens is 2. The summed E-state index contributed by atoms with van der Waals surface area (Å²) in [5.41, 5.74) is 7.01. The van der Waals surface area contributed by atoms with Crippen molar-refractivity contribution >= 4 is 44.6 Å². The second-order valence-corrected chi connectivity index (χ2v) is 6.77. The van der Waals surface area contributed by atoms with Crippen molar-refractivity contribution in [3.05, 3.63) is 52.0 Å². The van der Waals surface area contributed by atoms with Gasteiger partial charge in [0.05, 0.1) is 20.6 Å².